The van der Waals surface area contributed by atoms with E-state index < -0.39 is 5.92 Å². The zero-order valence-electron chi connectivity index (χ0n) is 11.5. The Balaban J connectivity index is 2.57. The molecular weight excluding hydrogens is 222 g/mol. The molecule has 1 rings (SSSR count). The largest absolute Gasteiger partial charge is 0.326 e. The number of rotatable bonds is 5. The summed E-state index contributed by atoms with van der Waals surface area (Å²) in [7, 11) is 4.01. The Morgan fingerprint density at radius 3 is 2.41 bits per heavy atom. The quantitative estimate of drug-likeness (QED) is 0.810. The SMILES string of the molecule is CCC(C)(C(N)CC1CCC(F)(F)C1)N(C)C. The van der Waals surface area contributed by atoms with E-state index in [9.17, 15) is 8.78 Å². The number of hydrogen-bond acceptors (Lipinski definition) is 2. The van der Waals surface area contributed by atoms with Crippen molar-refractivity contribution in [3.05, 3.63) is 0 Å². The second kappa shape index (κ2) is 5.19. The molecule has 0 radical (unpaired) electrons. The van der Waals surface area contributed by atoms with E-state index in [1.807, 2.05) is 14.1 Å². The molecule has 1 saturated carbocycles. The predicted molar refractivity (Wildman–Crippen MR) is 67.3 cm³/mol. The van der Waals surface area contributed by atoms with E-state index in [4.69, 9.17) is 5.73 Å². The molecule has 3 atom stereocenters. The molecule has 0 aliphatic heterocycles. The van der Waals surface area contributed by atoms with Crippen LogP contribution in [0.15, 0.2) is 0 Å². The van der Waals surface area contributed by atoms with Gasteiger partial charge in [-0.05, 0) is 46.2 Å². The van der Waals surface area contributed by atoms with Gasteiger partial charge in [0.25, 0.3) is 0 Å². The first-order chi connectivity index (χ1) is 7.71. The molecule has 102 valence electrons. The van der Waals surface area contributed by atoms with Crippen molar-refractivity contribution >= 4 is 0 Å². The monoisotopic (exact) mass is 248 g/mol. The van der Waals surface area contributed by atoms with Crippen molar-refractivity contribution in [1.29, 1.82) is 0 Å². The number of likely N-dealkylation sites (N-methyl/N-ethyl adjacent to an activating group) is 1. The van der Waals surface area contributed by atoms with Crippen LogP contribution in [-0.2, 0) is 0 Å². The Morgan fingerprint density at radius 2 is 2.06 bits per heavy atom. The Labute approximate surface area is 104 Å². The molecule has 0 saturated heterocycles. The van der Waals surface area contributed by atoms with Gasteiger partial charge in [0.15, 0.2) is 0 Å². The molecular formula is C13H26F2N2. The highest BCUT2D eigenvalue weighted by Gasteiger charge is 2.42. The van der Waals surface area contributed by atoms with Crippen LogP contribution in [0.1, 0.15) is 46.0 Å². The summed E-state index contributed by atoms with van der Waals surface area (Å²) < 4.78 is 26.3. The molecule has 1 aliphatic carbocycles. The van der Waals surface area contributed by atoms with Crippen LogP contribution < -0.4 is 5.73 Å². The molecule has 0 aromatic heterocycles. The number of alkyl halides is 2. The Hall–Kier alpha value is -0.220. The summed E-state index contributed by atoms with van der Waals surface area (Å²) in [5, 5.41) is 0. The van der Waals surface area contributed by atoms with Crippen LogP contribution in [0.4, 0.5) is 8.78 Å². The van der Waals surface area contributed by atoms with Gasteiger partial charge in [-0.3, -0.25) is 0 Å². The number of halogens is 2. The van der Waals surface area contributed by atoms with Gasteiger partial charge in [0.1, 0.15) is 0 Å². The molecule has 4 heteroatoms. The summed E-state index contributed by atoms with van der Waals surface area (Å²) in [5.41, 5.74) is 6.15. The maximum absolute atomic E-state index is 13.1. The average Bonchev–Trinajstić information content (AvgIpc) is 2.56. The van der Waals surface area contributed by atoms with Crippen LogP contribution in [-0.4, -0.2) is 36.5 Å². The summed E-state index contributed by atoms with van der Waals surface area (Å²) in [6, 6.07) is -0.0404. The fourth-order valence-corrected chi connectivity index (χ4v) is 2.77. The van der Waals surface area contributed by atoms with Crippen LogP contribution >= 0.6 is 0 Å². The third-order valence-corrected chi connectivity index (χ3v) is 4.63. The van der Waals surface area contributed by atoms with Crippen molar-refractivity contribution in [1.82, 2.24) is 4.90 Å². The number of hydrogen-bond donors (Lipinski definition) is 1. The van der Waals surface area contributed by atoms with Gasteiger partial charge in [0.2, 0.25) is 5.92 Å². The second-order valence-corrected chi connectivity index (χ2v) is 5.91. The lowest BCUT2D eigenvalue weighted by atomic mass is 9.82. The van der Waals surface area contributed by atoms with Gasteiger partial charge in [-0.25, -0.2) is 8.78 Å². The highest BCUT2D eigenvalue weighted by molar-refractivity contribution is 4.95. The molecule has 0 aromatic rings. The van der Waals surface area contributed by atoms with Crippen molar-refractivity contribution in [3.8, 4) is 0 Å². The minimum absolute atomic E-state index is 0.0217. The zero-order chi connectivity index (χ0) is 13.3. The van der Waals surface area contributed by atoms with Crippen LogP contribution in [0.25, 0.3) is 0 Å². The third-order valence-electron chi connectivity index (χ3n) is 4.63. The lowest BCUT2D eigenvalue weighted by Crippen LogP contribution is -2.55. The Morgan fingerprint density at radius 1 is 1.47 bits per heavy atom. The van der Waals surface area contributed by atoms with E-state index in [-0.39, 0.29) is 30.3 Å². The molecule has 3 unspecified atom stereocenters. The number of nitrogens with zero attached hydrogens (tertiary/aromatic N) is 1. The molecule has 0 spiro atoms. The van der Waals surface area contributed by atoms with Crippen LogP contribution in [0, 0.1) is 5.92 Å². The minimum Gasteiger partial charge on any atom is -0.326 e. The minimum atomic E-state index is -2.45. The van der Waals surface area contributed by atoms with E-state index in [1.165, 1.54) is 0 Å². The second-order valence-electron chi connectivity index (χ2n) is 5.91. The van der Waals surface area contributed by atoms with Gasteiger partial charge in [0.05, 0.1) is 0 Å². The highest BCUT2D eigenvalue weighted by Crippen LogP contribution is 2.41. The van der Waals surface area contributed by atoms with E-state index in [1.54, 1.807) is 0 Å². The van der Waals surface area contributed by atoms with Gasteiger partial charge < -0.3 is 10.6 Å². The van der Waals surface area contributed by atoms with Crippen molar-refractivity contribution in [2.75, 3.05) is 14.1 Å². The normalized spacial score (nSPS) is 29.3. The van der Waals surface area contributed by atoms with Crippen LogP contribution in [0.3, 0.4) is 0 Å². The molecule has 2 nitrogen and oxygen atoms in total. The first-order valence-electron chi connectivity index (χ1n) is 6.52. The fraction of sp³-hybridized carbons (Fsp3) is 1.00. The van der Waals surface area contributed by atoms with Crippen molar-refractivity contribution in [3.63, 3.8) is 0 Å². The molecule has 0 heterocycles. The summed E-state index contributed by atoms with van der Waals surface area (Å²) in [4.78, 5) is 2.12. The molecule has 0 amide bonds. The maximum atomic E-state index is 13.1. The first kappa shape index (κ1) is 14.8. The van der Waals surface area contributed by atoms with Crippen molar-refractivity contribution in [2.24, 2.45) is 11.7 Å². The van der Waals surface area contributed by atoms with E-state index >= 15 is 0 Å². The first-order valence-corrected chi connectivity index (χ1v) is 6.52. The molecule has 0 bridgehead atoms. The molecule has 17 heavy (non-hydrogen) atoms. The van der Waals surface area contributed by atoms with Gasteiger partial charge in [-0.2, -0.15) is 0 Å². The molecule has 0 aromatic carbocycles. The summed E-state index contributed by atoms with van der Waals surface area (Å²) in [6.07, 6.45) is 2.32. The Bertz CT molecular complexity index is 256. The number of nitrogens with two attached hydrogens (primary N) is 1. The zero-order valence-corrected chi connectivity index (χ0v) is 11.5. The summed E-state index contributed by atoms with van der Waals surface area (Å²) in [6.45, 7) is 4.22. The van der Waals surface area contributed by atoms with Gasteiger partial charge >= 0.3 is 0 Å². The summed E-state index contributed by atoms with van der Waals surface area (Å²) in [5.74, 6) is -2.36. The Kier molecular flexibility index (Phi) is 4.53. The lowest BCUT2D eigenvalue weighted by Gasteiger charge is -2.41. The van der Waals surface area contributed by atoms with Gasteiger partial charge in [0, 0.05) is 24.4 Å². The van der Waals surface area contributed by atoms with E-state index in [0.29, 0.717) is 12.8 Å². The van der Waals surface area contributed by atoms with E-state index in [0.717, 1.165) is 6.42 Å². The fourth-order valence-electron chi connectivity index (χ4n) is 2.77. The van der Waals surface area contributed by atoms with Gasteiger partial charge in [-0.15, -0.1) is 0 Å². The molecule has 1 fully saturated rings. The van der Waals surface area contributed by atoms with Crippen molar-refractivity contribution in [2.45, 2.75) is 63.5 Å². The average molecular weight is 248 g/mol. The predicted octanol–water partition coefficient (Wildman–Crippen LogP) is 2.87. The standard InChI is InChI=1S/C13H26F2N2/c1-5-12(2,17(3)4)11(16)8-10-6-7-13(14,15)9-10/h10-11H,5-9,16H2,1-4H3. The van der Waals surface area contributed by atoms with E-state index in [2.05, 4.69) is 18.7 Å². The van der Waals surface area contributed by atoms with Gasteiger partial charge in [-0.1, -0.05) is 6.92 Å². The molecule has 2 N–H and O–H groups in total. The van der Waals surface area contributed by atoms with Crippen LogP contribution in [0.5, 0.6) is 0 Å². The van der Waals surface area contributed by atoms with Crippen molar-refractivity contribution < 1.29 is 8.78 Å². The smallest absolute Gasteiger partial charge is 0.248 e. The highest BCUT2D eigenvalue weighted by atomic mass is 19.3. The lowest BCUT2D eigenvalue weighted by molar-refractivity contribution is 0.00337. The summed E-state index contributed by atoms with van der Waals surface area (Å²) >= 11 is 0. The maximum Gasteiger partial charge on any atom is 0.248 e. The van der Waals surface area contributed by atoms with Crippen LogP contribution in [0.2, 0.25) is 0 Å². The third kappa shape index (κ3) is 3.38. The topological polar surface area (TPSA) is 29.3 Å². The molecule has 1 aliphatic rings.